The number of nitro groups is 1. The van der Waals surface area contributed by atoms with Crippen molar-refractivity contribution in [1.29, 1.82) is 0 Å². The summed E-state index contributed by atoms with van der Waals surface area (Å²) in [5.74, 6) is -0.562. The first-order valence-electron chi connectivity index (χ1n) is 7.40. The van der Waals surface area contributed by atoms with Crippen LogP contribution in [0, 0.1) is 15.9 Å². The fourth-order valence-electron chi connectivity index (χ4n) is 2.08. The summed E-state index contributed by atoms with van der Waals surface area (Å²) in [5, 5.41) is 15.4. The number of ether oxygens (including phenoxy) is 1. The van der Waals surface area contributed by atoms with E-state index in [2.05, 4.69) is 10.3 Å². The van der Waals surface area contributed by atoms with Gasteiger partial charge in [0.2, 0.25) is 0 Å². The van der Waals surface area contributed by atoms with E-state index < -0.39 is 10.8 Å². The van der Waals surface area contributed by atoms with Crippen LogP contribution in [0.4, 0.5) is 15.2 Å². The van der Waals surface area contributed by atoms with Gasteiger partial charge >= 0.3 is 0 Å². The molecule has 0 aliphatic rings. The molecule has 0 aliphatic heterocycles. The zero-order chi connectivity index (χ0) is 18.5. The van der Waals surface area contributed by atoms with Gasteiger partial charge in [0.15, 0.2) is 11.7 Å². The van der Waals surface area contributed by atoms with Gasteiger partial charge in [-0.3, -0.25) is 20.2 Å². The van der Waals surface area contributed by atoms with Gasteiger partial charge in [-0.2, -0.15) is 0 Å². The molecule has 0 saturated heterocycles. The van der Waals surface area contributed by atoms with Crippen LogP contribution < -0.4 is 10.1 Å². The van der Waals surface area contributed by atoms with Crippen molar-refractivity contribution in [2.45, 2.75) is 0 Å². The molecule has 0 radical (unpaired) electrons. The molecule has 3 aromatic rings. The van der Waals surface area contributed by atoms with Gasteiger partial charge in [-0.15, -0.1) is 11.3 Å². The number of nitro benzene ring substituents is 1. The number of amides is 1. The van der Waals surface area contributed by atoms with E-state index >= 15 is 0 Å². The number of benzene rings is 2. The fourth-order valence-corrected chi connectivity index (χ4v) is 2.81. The lowest BCUT2D eigenvalue weighted by Crippen LogP contribution is -2.20. The van der Waals surface area contributed by atoms with Crippen LogP contribution in [-0.4, -0.2) is 22.4 Å². The number of nitrogens with zero attached hydrogens (tertiary/aromatic N) is 2. The maximum absolute atomic E-state index is 12.9. The molecule has 2 aromatic carbocycles. The number of aromatic nitrogens is 1. The van der Waals surface area contributed by atoms with E-state index in [0.29, 0.717) is 10.8 Å². The summed E-state index contributed by atoms with van der Waals surface area (Å²) in [6.07, 6.45) is 0. The normalized spacial score (nSPS) is 10.3. The largest absolute Gasteiger partial charge is 0.484 e. The molecular weight excluding hydrogens is 361 g/mol. The summed E-state index contributed by atoms with van der Waals surface area (Å²) < 4.78 is 18.2. The van der Waals surface area contributed by atoms with Gasteiger partial charge in [0, 0.05) is 17.0 Å². The van der Waals surface area contributed by atoms with Crippen LogP contribution in [0.15, 0.2) is 53.9 Å². The van der Waals surface area contributed by atoms with Crippen LogP contribution in [0.25, 0.3) is 11.3 Å². The van der Waals surface area contributed by atoms with Crippen molar-refractivity contribution in [3.63, 3.8) is 0 Å². The molecule has 0 aliphatic carbocycles. The third kappa shape index (κ3) is 4.39. The number of halogens is 1. The molecule has 0 atom stereocenters. The number of hydrogen-bond donors (Lipinski definition) is 1. The van der Waals surface area contributed by atoms with E-state index in [1.165, 1.54) is 47.7 Å². The molecule has 0 spiro atoms. The summed E-state index contributed by atoms with van der Waals surface area (Å²) in [7, 11) is 0. The molecule has 1 N–H and O–H groups in total. The molecule has 0 unspecified atom stereocenters. The lowest BCUT2D eigenvalue weighted by Gasteiger charge is -2.05. The molecule has 1 amide bonds. The van der Waals surface area contributed by atoms with Crippen molar-refractivity contribution in [2.75, 3.05) is 11.9 Å². The average Bonchev–Trinajstić information content (AvgIpc) is 3.09. The predicted octanol–water partition coefficient (Wildman–Crippen LogP) is 3.87. The van der Waals surface area contributed by atoms with Crippen molar-refractivity contribution in [1.82, 2.24) is 4.98 Å². The first-order valence-corrected chi connectivity index (χ1v) is 8.28. The Labute approximate surface area is 151 Å². The number of nitrogens with one attached hydrogen (secondary N) is 1. The minimum atomic E-state index is -0.542. The molecule has 0 bridgehead atoms. The van der Waals surface area contributed by atoms with Gasteiger partial charge in [-0.1, -0.05) is 6.07 Å². The monoisotopic (exact) mass is 373 g/mol. The fraction of sp³-hybridized carbons (Fsp3) is 0.0588. The number of thiazole rings is 1. The minimum absolute atomic E-state index is 0.119. The van der Waals surface area contributed by atoms with Crippen molar-refractivity contribution in [3.8, 4) is 17.0 Å². The number of rotatable bonds is 6. The second-order valence-electron chi connectivity index (χ2n) is 5.14. The SMILES string of the molecule is O=C(COc1cccc([N+](=O)[O-])c1)Nc1nc(-c2ccc(F)cc2)cs1. The Morgan fingerprint density at radius 3 is 2.77 bits per heavy atom. The standard InChI is InChI=1S/C17H12FN3O4S/c18-12-6-4-11(5-7-12)15-10-26-17(19-15)20-16(22)9-25-14-3-1-2-13(8-14)21(23)24/h1-8,10H,9H2,(H,19,20,22). The lowest BCUT2D eigenvalue weighted by atomic mass is 10.2. The van der Waals surface area contributed by atoms with Crippen molar-refractivity contribution < 1.29 is 18.8 Å². The molecular formula is C17H12FN3O4S. The van der Waals surface area contributed by atoms with Crippen LogP contribution >= 0.6 is 11.3 Å². The van der Waals surface area contributed by atoms with Crippen LogP contribution in [-0.2, 0) is 4.79 Å². The molecule has 1 heterocycles. The summed E-state index contributed by atoms with van der Waals surface area (Å²) in [6, 6.07) is 11.4. The highest BCUT2D eigenvalue weighted by molar-refractivity contribution is 7.14. The van der Waals surface area contributed by atoms with Crippen LogP contribution in [0.5, 0.6) is 5.75 Å². The molecule has 7 nitrogen and oxygen atoms in total. The Balaban J connectivity index is 1.58. The Morgan fingerprint density at radius 2 is 2.04 bits per heavy atom. The van der Waals surface area contributed by atoms with E-state index in [9.17, 15) is 19.3 Å². The Bertz CT molecular complexity index is 943. The minimum Gasteiger partial charge on any atom is -0.484 e. The van der Waals surface area contributed by atoms with E-state index in [4.69, 9.17) is 4.74 Å². The second kappa shape index (κ2) is 7.70. The van der Waals surface area contributed by atoms with E-state index in [1.807, 2.05) is 0 Å². The maximum Gasteiger partial charge on any atom is 0.273 e. The molecule has 132 valence electrons. The number of carbonyl (C=O) groups excluding carboxylic acids is 1. The summed E-state index contributed by atoms with van der Waals surface area (Å²) in [6.45, 7) is -0.313. The number of anilines is 1. The van der Waals surface area contributed by atoms with Gasteiger partial charge in [0.25, 0.3) is 11.6 Å². The van der Waals surface area contributed by atoms with Gasteiger partial charge in [0.05, 0.1) is 16.7 Å². The molecule has 0 fully saturated rings. The van der Waals surface area contributed by atoms with Crippen LogP contribution in [0.2, 0.25) is 0 Å². The third-order valence-electron chi connectivity index (χ3n) is 3.29. The van der Waals surface area contributed by atoms with Crippen molar-refractivity contribution in [3.05, 3.63) is 69.8 Å². The molecule has 26 heavy (non-hydrogen) atoms. The summed E-state index contributed by atoms with van der Waals surface area (Å²) in [5.41, 5.74) is 1.23. The molecule has 1 aromatic heterocycles. The van der Waals surface area contributed by atoms with Crippen LogP contribution in [0.3, 0.4) is 0 Å². The number of carbonyl (C=O) groups is 1. The first-order chi connectivity index (χ1) is 12.5. The number of non-ortho nitro benzene ring substituents is 1. The zero-order valence-corrected chi connectivity index (χ0v) is 14.0. The Kier molecular flexibility index (Phi) is 5.18. The summed E-state index contributed by atoms with van der Waals surface area (Å²) >= 11 is 1.22. The Morgan fingerprint density at radius 1 is 1.27 bits per heavy atom. The van der Waals surface area contributed by atoms with Gasteiger partial charge < -0.3 is 4.74 Å². The van der Waals surface area contributed by atoms with Crippen molar-refractivity contribution in [2.24, 2.45) is 0 Å². The van der Waals surface area contributed by atoms with E-state index in [1.54, 1.807) is 17.5 Å². The maximum atomic E-state index is 12.9. The second-order valence-corrected chi connectivity index (χ2v) is 5.99. The van der Waals surface area contributed by atoms with Gasteiger partial charge in [-0.25, -0.2) is 9.37 Å². The Hall–Kier alpha value is -3.33. The average molecular weight is 373 g/mol. The molecule has 3 rings (SSSR count). The van der Waals surface area contributed by atoms with Gasteiger partial charge in [-0.05, 0) is 30.3 Å². The van der Waals surface area contributed by atoms with E-state index in [-0.39, 0.29) is 23.9 Å². The zero-order valence-electron chi connectivity index (χ0n) is 13.2. The van der Waals surface area contributed by atoms with Crippen LogP contribution in [0.1, 0.15) is 0 Å². The molecule has 0 saturated carbocycles. The van der Waals surface area contributed by atoms with Crippen molar-refractivity contribution >= 4 is 28.1 Å². The summed E-state index contributed by atoms with van der Waals surface area (Å²) in [4.78, 5) is 26.4. The molecule has 9 heteroatoms. The lowest BCUT2D eigenvalue weighted by molar-refractivity contribution is -0.384. The van der Waals surface area contributed by atoms with E-state index in [0.717, 1.165) is 5.56 Å². The highest BCUT2D eigenvalue weighted by Gasteiger charge is 2.11. The first kappa shape index (κ1) is 17.5. The topological polar surface area (TPSA) is 94.4 Å². The highest BCUT2D eigenvalue weighted by atomic mass is 32.1. The number of hydrogen-bond acceptors (Lipinski definition) is 6. The van der Waals surface area contributed by atoms with Gasteiger partial charge in [0.1, 0.15) is 11.6 Å². The predicted molar refractivity (Wildman–Crippen MR) is 94.7 cm³/mol. The highest BCUT2D eigenvalue weighted by Crippen LogP contribution is 2.25. The smallest absolute Gasteiger partial charge is 0.273 e. The third-order valence-corrected chi connectivity index (χ3v) is 4.05. The quantitative estimate of drug-likeness (QED) is 0.523.